The molecule has 3 nitrogen and oxygen atoms in total. The third-order valence-electron chi connectivity index (χ3n) is 2.25. The number of hydrogen-bond acceptors (Lipinski definition) is 4. The first kappa shape index (κ1) is 12.2. The molecule has 0 radical (unpaired) electrons. The summed E-state index contributed by atoms with van der Waals surface area (Å²) < 4.78 is 5.31. The van der Waals surface area contributed by atoms with Gasteiger partial charge in [-0.15, -0.1) is 11.8 Å². The molecule has 2 heterocycles. The van der Waals surface area contributed by atoms with E-state index in [0.717, 1.165) is 16.3 Å². The van der Waals surface area contributed by atoms with E-state index in [2.05, 4.69) is 9.97 Å². The van der Waals surface area contributed by atoms with Crippen LogP contribution in [0.25, 0.3) is 11.4 Å². The summed E-state index contributed by atoms with van der Waals surface area (Å²) in [5.74, 6) is 0.721. The quantitative estimate of drug-likeness (QED) is 0.629. The van der Waals surface area contributed by atoms with E-state index in [9.17, 15) is 0 Å². The summed E-state index contributed by atoms with van der Waals surface area (Å²) in [6, 6.07) is 7.50. The topological polar surface area (TPSA) is 35.0 Å². The van der Waals surface area contributed by atoms with Crippen LogP contribution in [0.15, 0.2) is 35.4 Å². The molecule has 2 aromatic rings. The Balaban J connectivity index is 2.54. The number of rotatable bonds is 3. The summed E-state index contributed by atoms with van der Waals surface area (Å²) >= 11 is 7.63. The van der Waals surface area contributed by atoms with E-state index in [-0.39, 0.29) is 0 Å². The standard InChI is InChI=1S/C12H11ClN2OS/c1-16-10-7-9(8-5-3-4-6-14-8)15-12(13)11(10)17-2/h3-7H,1-2H3. The van der Waals surface area contributed by atoms with E-state index < -0.39 is 0 Å². The van der Waals surface area contributed by atoms with Crippen molar-refractivity contribution in [1.82, 2.24) is 9.97 Å². The highest BCUT2D eigenvalue weighted by Gasteiger charge is 2.12. The smallest absolute Gasteiger partial charge is 0.147 e. The van der Waals surface area contributed by atoms with Gasteiger partial charge in [0.05, 0.1) is 23.4 Å². The molecule has 0 aromatic carbocycles. The van der Waals surface area contributed by atoms with Gasteiger partial charge in [-0.05, 0) is 18.4 Å². The number of halogens is 1. The fourth-order valence-corrected chi connectivity index (χ4v) is 2.44. The zero-order chi connectivity index (χ0) is 12.3. The van der Waals surface area contributed by atoms with Gasteiger partial charge < -0.3 is 4.74 Å². The first-order valence-electron chi connectivity index (χ1n) is 4.96. The van der Waals surface area contributed by atoms with E-state index in [1.54, 1.807) is 13.3 Å². The Morgan fingerprint density at radius 3 is 2.71 bits per heavy atom. The Hall–Kier alpha value is -1.26. The van der Waals surface area contributed by atoms with Crippen LogP contribution >= 0.6 is 23.4 Å². The summed E-state index contributed by atoms with van der Waals surface area (Å²) in [6.07, 6.45) is 3.66. The largest absolute Gasteiger partial charge is 0.495 e. The van der Waals surface area contributed by atoms with Crippen LogP contribution in [0.4, 0.5) is 0 Å². The van der Waals surface area contributed by atoms with Crippen LogP contribution in [-0.2, 0) is 0 Å². The number of nitrogens with zero attached hydrogens (tertiary/aromatic N) is 2. The molecule has 0 spiro atoms. The fraction of sp³-hybridized carbons (Fsp3) is 0.167. The van der Waals surface area contributed by atoms with Gasteiger partial charge in [0, 0.05) is 12.3 Å². The fourth-order valence-electron chi connectivity index (χ4n) is 1.46. The normalized spacial score (nSPS) is 10.3. The van der Waals surface area contributed by atoms with Gasteiger partial charge in [-0.25, -0.2) is 4.98 Å². The first-order valence-corrected chi connectivity index (χ1v) is 6.56. The number of ether oxygens (including phenoxy) is 1. The summed E-state index contributed by atoms with van der Waals surface area (Å²) in [5.41, 5.74) is 1.49. The Bertz CT molecular complexity index is 519. The first-order chi connectivity index (χ1) is 8.26. The molecule has 0 amide bonds. The van der Waals surface area contributed by atoms with Crippen LogP contribution in [0.1, 0.15) is 0 Å². The molecule has 0 aliphatic rings. The maximum Gasteiger partial charge on any atom is 0.147 e. The van der Waals surface area contributed by atoms with Gasteiger partial charge in [-0.3, -0.25) is 4.98 Å². The third-order valence-corrected chi connectivity index (χ3v) is 3.44. The number of hydrogen-bond donors (Lipinski definition) is 0. The highest BCUT2D eigenvalue weighted by molar-refractivity contribution is 7.98. The molecule has 0 saturated heterocycles. The molecule has 0 N–H and O–H groups in total. The Kier molecular flexibility index (Phi) is 3.86. The minimum atomic E-state index is 0.442. The molecule has 5 heteroatoms. The van der Waals surface area contributed by atoms with Crippen LogP contribution in [0.3, 0.4) is 0 Å². The zero-order valence-corrected chi connectivity index (χ0v) is 11.0. The van der Waals surface area contributed by atoms with Crippen LogP contribution in [-0.4, -0.2) is 23.3 Å². The molecule has 88 valence electrons. The molecule has 2 aromatic heterocycles. The third kappa shape index (κ3) is 2.53. The average Bonchev–Trinajstić information content (AvgIpc) is 2.38. The second-order valence-electron chi connectivity index (χ2n) is 3.25. The van der Waals surface area contributed by atoms with E-state index in [4.69, 9.17) is 16.3 Å². The molecule has 0 bridgehead atoms. The highest BCUT2D eigenvalue weighted by Crippen LogP contribution is 2.35. The van der Waals surface area contributed by atoms with Crippen molar-refractivity contribution in [1.29, 1.82) is 0 Å². The van der Waals surface area contributed by atoms with Gasteiger partial charge in [0.2, 0.25) is 0 Å². The number of pyridine rings is 2. The van der Waals surface area contributed by atoms with Crippen molar-refractivity contribution >= 4 is 23.4 Å². The van der Waals surface area contributed by atoms with Crippen LogP contribution in [0.2, 0.25) is 5.15 Å². The lowest BCUT2D eigenvalue weighted by atomic mass is 10.2. The lowest BCUT2D eigenvalue weighted by Crippen LogP contribution is -1.93. The lowest BCUT2D eigenvalue weighted by molar-refractivity contribution is 0.404. The predicted octanol–water partition coefficient (Wildman–Crippen LogP) is 3.53. The Morgan fingerprint density at radius 1 is 1.29 bits per heavy atom. The summed E-state index contributed by atoms with van der Waals surface area (Å²) in [6.45, 7) is 0. The second kappa shape index (κ2) is 5.38. The molecular weight excluding hydrogens is 256 g/mol. The molecule has 0 unspecified atom stereocenters. The molecule has 2 rings (SSSR count). The molecule has 0 aliphatic heterocycles. The number of thioether (sulfide) groups is 1. The van der Waals surface area contributed by atoms with Gasteiger partial charge in [0.15, 0.2) is 0 Å². The monoisotopic (exact) mass is 266 g/mol. The number of aromatic nitrogens is 2. The van der Waals surface area contributed by atoms with Gasteiger partial charge in [0.1, 0.15) is 10.9 Å². The van der Waals surface area contributed by atoms with Crippen molar-refractivity contribution in [2.75, 3.05) is 13.4 Å². The summed E-state index contributed by atoms with van der Waals surface area (Å²) in [5, 5.41) is 0.442. The maximum absolute atomic E-state index is 6.12. The molecular formula is C12H11ClN2OS. The van der Waals surface area contributed by atoms with E-state index >= 15 is 0 Å². The Labute approximate surface area is 109 Å². The molecule has 17 heavy (non-hydrogen) atoms. The number of methoxy groups -OCH3 is 1. The van der Waals surface area contributed by atoms with Gasteiger partial charge in [-0.1, -0.05) is 17.7 Å². The lowest BCUT2D eigenvalue weighted by Gasteiger charge is -2.09. The van der Waals surface area contributed by atoms with Gasteiger partial charge >= 0.3 is 0 Å². The summed E-state index contributed by atoms with van der Waals surface area (Å²) in [7, 11) is 1.62. The SMILES string of the molecule is COc1cc(-c2ccccn2)nc(Cl)c1SC. The van der Waals surface area contributed by atoms with Crippen molar-refractivity contribution < 1.29 is 4.74 Å². The molecule has 0 saturated carbocycles. The van der Waals surface area contributed by atoms with Crippen LogP contribution in [0, 0.1) is 0 Å². The van der Waals surface area contributed by atoms with Crippen LogP contribution in [0.5, 0.6) is 5.75 Å². The molecule has 0 fully saturated rings. The van der Waals surface area contributed by atoms with E-state index in [0.29, 0.717) is 10.8 Å². The van der Waals surface area contributed by atoms with Crippen molar-refractivity contribution in [3.63, 3.8) is 0 Å². The molecule has 0 aliphatic carbocycles. The Morgan fingerprint density at radius 2 is 2.12 bits per heavy atom. The van der Waals surface area contributed by atoms with E-state index in [1.807, 2.05) is 30.5 Å². The van der Waals surface area contributed by atoms with Crippen molar-refractivity contribution in [2.24, 2.45) is 0 Å². The van der Waals surface area contributed by atoms with Crippen molar-refractivity contribution in [3.05, 3.63) is 35.6 Å². The molecule has 0 atom stereocenters. The minimum Gasteiger partial charge on any atom is -0.495 e. The highest BCUT2D eigenvalue weighted by atomic mass is 35.5. The minimum absolute atomic E-state index is 0.442. The van der Waals surface area contributed by atoms with Crippen molar-refractivity contribution in [3.8, 4) is 17.1 Å². The zero-order valence-electron chi connectivity index (χ0n) is 9.48. The maximum atomic E-state index is 6.12. The van der Waals surface area contributed by atoms with Crippen molar-refractivity contribution in [2.45, 2.75) is 4.90 Å². The van der Waals surface area contributed by atoms with Gasteiger partial charge in [-0.2, -0.15) is 0 Å². The average molecular weight is 267 g/mol. The predicted molar refractivity (Wildman–Crippen MR) is 70.8 cm³/mol. The summed E-state index contributed by atoms with van der Waals surface area (Å²) in [4.78, 5) is 9.40. The van der Waals surface area contributed by atoms with Gasteiger partial charge in [0.25, 0.3) is 0 Å². The van der Waals surface area contributed by atoms with E-state index in [1.165, 1.54) is 11.8 Å². The van der Waals surface area contributed by atoms with Crippen LogP contribution < -0.4 is 4.74 Å². The second-order valence-corrected chi connectivity index (χ2v) is 4.42.